The van der Waals surface area contributed by atoms with Gasteiger partial charge in [-0.3, -0.25) is 10.1 Å². The molecule has 0 radical (unpaired) electrons. The molecule has 0 saturated carbocycles. The molecule has 0 aliphatic carbocycles. The second kappa shape index (κ2) is 15.1. The molecule has 3 N–H and O–H groups in total. The Labute approximate surface area is 288 Å². The number of rotatable bonds is 12. The van der Waals surface area contributed by atoms with Gasteiger partial charge < -0.3 is 29.5 Å². The van der Waals surface area contributed by atoms with Crippen LogP contribution in [0.3, 0.4) is 0 Å². The highest BCUT2D eigenvalue weighted by molar-refractivity contribution is 7.22. The molecule has 4 aromatic carbocycles. The van der Waals surface area contributed by atoms with E-state index in [2.05, 4.69) is 15.6 Å². The van der Waals surface area contributed by atoms with Crippen LogP contribution in [0.5, 0.6) is 11.5 Å². The number of anilines is 2. The fourth-order valence-corrected chi connectivity index (χ4v) is 5.93. The number of benzene rings is 4. The van der Waals surface area contributed by atoms with Crippen molar-refractivity contribution in [1.29, 1.82) is 0 Å². The Morgan fingerprint density at radius 3 is 2.06 bits per heavy atom. The lowest BCUT2D eigenvalue weighted by Crippen LogP contribution is -2.58. The smallest absolute Gasteiger partial charge is 0.424 e. The molecule has 5 rings (SSSR count). The van der Waals surface area contributed by atoms with Gasteiger partial charge in [0.2, 0.25) is 5.60 Å². The van der Waals surface area contributed by atoms with E-state index in [4.69, 9.17) is 14.2 Å². The number of hydrogen-bond donors (Lipinski definition) is 3. The van der Waals surface area contributed by atoms with E-state index in [9.17, 15) is 19.1 Å². The minimum Gasteiger partial charge on any atom is -0.497 e. The van der Waals surface area contributed by atoms with Gasteiger partial charge in [0, 0.05) is 19.3 Å². The van der Waals surface area contributed by atoms with E-state index in [0.29, 0.717) is 28.3 Å². The minimum atomic E-state index is -5.40. The summed E-state index contributed by atoms with van der Waals surface area (Å²) in [5.74, 6) is -0.554. The molecule has 262 valence electrons. The van der Waals surface area contributed by atoms with Gasteiger partial charge in [-0.05, 0) is 77.4 Å². The normalized spacial score (nSPS) is 13.3. The van der Waals surface area contributed by atoms with Crippen molar-refractivity contribution in [3.63, 3.8) is 0 Å². The zero-order chi connectivity index (χ0) is 36.1. The van der Waals surface area contributed by atoms with Crippen LogP contribution in [-0.2, 0) is 28.3 Å². The molecule has 0 fully saturated rings. The van der Waals surface area contributed by atoms with Crippen molar-refractivity contribution in [3.05, 3.63) is 114 Å². The highest BCUT2D eigenvalue weighted by Gasteiger charge is 2.63. The number of amides is 3. The second-order valence-corrected chi connectivity index (χ2v) is 12.2. The Hall–Kier alpha value is -5.25. The summed E-state index contributed by atoms with van der Waals surface area (Å²) in [6.45, 7) is -0.544. The van der Waals surface area contributed by atoms with Crippen LogP contribution in [0.15, 0.2) is 91.0 Å². The molecule has 3 amide bonds. The molecule has 0 spiro atoms. The number of halogens is 4. The summed E-state index contributed by atoms with van der Waals surface area (Å²) in [4.78, 5) is 31.7. The van der Waals surface area contributed by atoms with Gasteiger partial charge in [0.1, 0.15) is 17.3 Å². The third-order valence-electron chi connectivity index (χ3n) is 7.72. The number of hydrogen-bond acceptors (Lipinski definition) is 8. The van der Waals surface area contributed by atoms with Crippen LogP contribution in [0.1, 0.15) is 16.7 Å². The number of nitrogens with zero attached hydrogens (tertiary/aromatic N) is 2. The Morgan fingerprint density at radius 1 is 0.880 bits per heavy atom. The van der Waals surface area contributed by atoms with Crippen LogP contribution in [0, 0.1) is 5.82 Å². The minimum absolute atomic E-state index is 0.0370. The Bertz CT molecular complexity index is 1940. The molecule has 1 heterocycles. The monoisotopic (exact) mass is 712 g/mol. The summed E-state index contributed by atoms with van der Waals surface area (Å²) in [7, 11) is 4.26. The van der Waals surface area contributed by atoms with E-state index < -0.39 is 47.8 Å². The summed E-state index contributed by atoms with van der Waals surface area (Å²) >= 11 is 0.845. The van der Waals surface area contributed by atoms with E-state index in [0.717, 1.165) is 40.5 Å². The number of nitrogens with one attached hydrogen (secondary N) is 2. The van der Waals surface area contributed by atoms with Gasteiger partial charge >= 0.3 is 12.2 Å². The Kier molecular flexibility index (Phi) is 10.9. The van der Waals surface area contributed by atoms with Crippen LogP contribution >= 0.6 is 11.3 Å². The largest absolute Gasteiger partial charge is 0.497 e. The van der Waals surface area contributed by atoms with E-state index in [1.807, 2.05) is 0 Å². The number of urea groups is 1. The third-order valence-corrected chi connectivity index (χ3v) is 8.65. The lowest BCUT2D eigenvalue weighted by atomic mass is 9.86. The van der Waals surface area contributed by atoms with Gasteiger partial charge in [0.25, 0.3) is 5.91 Å². The van der Waals surface area contributed by atoms with Crippen LogP contribution in [-0.4, -0.2) is 60.5 Å². The molecule has 0 saturated heterocycles. The van der Waals surface area contributed by atoms with Gasteiger partial charge in [-0.25, -0.2) is 14.2 Å². The number of fused-ring (bicyclic) bond motifs is 1. The SMILES string of the molecule is COc1ccc(COC(C(=O)N(C)Cc2ccc(OC)cc2)[C@@](O)(c2ccc3nc(NC(=O)Nc4ccc(F)cc4)sc3c2)C(F)(F)F)cc1. The highest BCUT2D eigenvalue weighted by Crippen LogP contribution is 2.45. The first-order valence-electron chi connectivity index (χ1n) is 15.0. The number of aliphatic hydroxyl groups is 1. The van der Waals surface area contributed by atoms with E-state index in [1.165, 1.54) is 39.5 Å². The van der Waals surface area contributed by atoms with Crippen molar-refractivity contribution in [2.45, 2.75) is 31.0 Å². The topological polar surface area (TPSA) is 122 Å². The summed E-state index contributed by atoms with van der Waals surface area (Å²) in [6.07, 6.45) is -7.85. The average Bonchev–Trinajstić information content (AvgIpc) is 3.50. The van der Waals surface area contributed by atoms with Crippen molar-refractivity contribution < 1.29 is 46.5 Å². The van der Waals surface area contributed by atoms with Gasteiger partial charge in [0.15, 0.2) is 11.2 Å². The van der Waals surface area contributed by atoms with Crippen LogP contribution in [0.25, 0.3) is 10.2 Å². The quantitative estimate of drug-likeness (QED) is 0.118. The van der Waals surface area contributed by atoms with Gasteiger partial charge in [-0.15, -0.1) is 0 Å². The molecule has 0 aliphatic rings. The second-order valence-electron chi connectivity index (χ2n) is 11.1. The Balaban J connectivity index is 1.46. The highest BCUT2D eigenvalue weighted by atomic mass is 32.1. The number of alkyl halides is 3. The number of carbonyl (C=O) groups is 2. The molecule has 2 atom stereocenters. The predicted octanol–water partition coefficient (Wildman–Crippen LogP) is 7.09. The fourth-order valence-electron chi connectivity index (χ4n) is 5.03. The molecule has 0 aliphatic heterocycles. The number of likely N-dealkylation sites (N-methyl/N-ethyl adjacent to an activating group) is 1. The molecule has 1 aromatic heterocycles. The number of ether oxygens (including phenoxy) is 3. The van der Waals surface area contributed by atoms with Crippen LogP contribution in [0.4, 0.5) is 33.2 Å². The van der Waals surface area contributed by atoms with Crippen molar-refractivity contribution >= 4 is 44.3 Å². The molecule has 15 heteroatoms. The number of carbonyl (C=O) groups excluding carboxylic acids is 2. The number of aromatic nitrogens is 1. The summed E-state index contributed by atoms with van der Waals surface area (Å²) in [5.41, 5.74) is -2.95. The molecule has 0 bridgehead atoms. The van der Waals surface area contributed by atoms with Crippen molar-refractivity contribution in [2.24, 2.45) is 0 Å². The molecular weight excluding hydrogens is 680 g/mol. The van der Waals surface area contributed by atoms with Gasteiger partial charge in [-0.1, -0.05) is 41.7 Å². The molecule has 10 nitrogen and oxygen atoms in total. The fraction of sp³-hybridized carbons (Fsp3) is 0.229. The van der Waals surface area contributed by atoms with E-state index in [-0.39, 0.29) is 21.9 Å². The maximum Gasteiger partial charge on any atom is 0.424 e. The van der Waals surface area contributed by atoms with E-state index in [1.54, 1.807) is 48.5 Å². The van der Waals surface area contributed by atoms with Crippen molar-refractivity contribution in [1.82, 2.24) is 9.88 Å². The standard InChI is InChI=1S/C35H32F4N4O6S/c1-43(19-21-4-13-26(47-2)14-5-21)31(44)30(49-20-22-6-15-27(48-3)16-7-22)34(46,35(37,38)39)23-8-17-28-29(18-23)50-33(41-28)42-32(45)40-25-11-9-24(36)10-12-25/h4-18,30,46H,19-20H2,1-3H3,(H2,40,41,42,45)/t30?,34-/m0/s1. The zero-order valence-electron chi connectivity index (χ0n) is 27.0. The molecule has 1 unspecified atom stereocenters. The van der Waals surface area contributed by atoms with Crippen LogP contribution < -0.4 is 20.1 Å². The molecule has 50 heavy (non-hydrogen) atoms. The summed E-state index contributed by atoms with van der Waals surface area (Å²) in [5, 5.41) is 16.8. The lowest BCUT2D eigenvalue weighted by molar-refractivity contribution is -0.301. The first kappa shape index (κ1) is 36.0. The lowest BCUT2D eigenvalue weighted by Gasteiger charge is -2.38. The summed E-state index contributed by atoms with van der Waals surface area (Å²) < 4.78 is 74.9. The number of methoxy groups -OCH3 is 2. The van der Waals surface area contributed by atoms with E-state index >= 15 is 13.2 Å². The van der Waals surface area contributed by atoms with Crippen LogP contribution in [0.2, 0.25) is 0 Å². The molecule has 5 aromatic rings. The van der Waals surface area contributed by atoms with Gasteiger partial charge in [0.05, 0.1) is 31.0 Å². The predicted molar refractivity (Wildman–Crippen MR) is 180 cm³/mol. The number of thiazole rings is 1. The zero-order valence-corrected chi connectivity index (χ0v) is 27.8. The third kappa shape index (κ3) is 8.13. The maximum atomic E-state index is 15.2. The average molecular weight is 713 g/mol. The van der Waals surface area contributed by atoms with Crippen molar-refractivity contribution in [2.75, 3.05) is 31.9 Å². The molecular formula is C35H32F4N4O6S. The van der Waals surface area contributed by atoms with Gasteiger partial charge in [-0.2, -0.15) is 13.2 Å². The van der Waals surface area contributed by atoms with Crippen molar-refractivity contribution in [3.8, 4) is 11.5 Å². The first-order chi connectivity index (χ1) is 23.8. The first-order valence-corrected chi connectivity index (χ1v) is 15.8. The Morgan fingerprint density at radius 2 is 1.48 bits per heavy atom. The maximum absolute atomic E-state index is 15.2. The summed E-state index contributed by atoms with van der Waals surface area (Å²) in [6, 6.07) is 20.5.